The monoisotopic (exact) mass is 349 g/mol. The van der Waals surface area contributed by atoms with Gasteiger partial charge in [0.25, 0.3) is 0 Å². The van der Waals surface area contributed by atoms with Crippen molar-refractivity contribution in [2.45, 2.75) is 19.8 Å². The van der Waals surface area contributed by atoms with E-state index in [1.807, 2.05) is 24.3 Å². The third-order valence-electron chi connectivity index (χ3n) is 3.30. The highest BCUT2D eigenvalue weighted by Crippen LogP contribution is 2.26. The van der Waals surface area contributed by atoms with Crippen molar-refractivity contribution in [1.82, 2.24) is 0 Å². The van der Waals surface area contributed by atoms with E-state index in [1.165, 1.54) is 11.1 Å². The molecular weight excluding hydrogens is 330 g/mol. The van der Waals surface area contributed by atoms with Gasteiger partial charge in [0.2, 0.25) is 0 Å². The molecule has 0 bridgehead atoms. The maximum atomic E-state index is 5.27. The Hall–Kier alpha value is -1.36. The van der Waals surface area contributed by atoms with Crippen LogP contribution in [0.1, 0.15) is 16.7 Å². The number of hydrogen-bond donors (Lipinski definition) is 1. The lowest BCUT2D eigenvalue weighted by molar-refractivity contribution is 0.184. The predicted molar refractivity (Wildman–Crippen MR) is 89.3 cm³/mol. The molecule has 0 radical (unpaired) electrons. The molecule has 0 aromatic heterocycles. The van der Waals surface area contributed by atoms with Gasteiger partial charge < -0.3 is 14.8 Å². The molecule has 4 heteroatoms. The molecule has 21 heavy (non-hydrogen) atoms. The Balaban J connectivity index is 2.15. The Morgan fingerprint density at radius 1 is 0.905 bits per heavy atom. The first-order valence-electron chi connectivity index (χ1n) is 6.82. The minimum Gasteiger partial charge on any atom is -0.381 e. The molecule has 0 aliphatic carbocycles. The number of ether oxygens (including phenoxy) is 2. The number of nitrogens with one attached hydrogen (secondary N) is 1. The molecule has 0 aliphatic rings. The fourth-order valence-corrected chi connectivity index (χ4v) is 2.71. The number of benzene rings is 2. The predicted octanol–water partition coefficient (Wildman–Crippen LogP) is 4.35. The van der Waals surface area contributed by atoms with Crippen LogP contribution in [0.5, 0.6) is 0 Å². The molecule has 2 aromatic carbocycles. The fraction of sp³-hybridized carbons (Fsp3) is 0.294. The topological polar surface area (TPSA) is 30.5 Å². The lowest BCUT2D eigenvalue weighted by Gasteiger charge is -2.15. The van der Waals surface area contributed by atoms with Crippen molar-refractivity contribution in [2.24, 2.45) is 0 Å². The smallest absolute Gasteiger partial charge is 0.0744 e. The maximum absolute atomic E-state index is 5.27. The summed E-state index contributed by atoms with van der Waals surface area (Å²) in [4.78, 5) is 0. The van der Waals surface area contributed by atoms with Crippen LogP contribution in [0.2, 0.25) is 0 Å². The summed E-state index contributed by atoms with van der Waals surface area (Å²) in [7, 11) is 3.42. The summed E-state index contributed by atoms with van der Waals surface area (Å²) in [6, 6.07) is 14.4. The fourth-order valence-electron chi connectivity index (χ4n) is 2.23. The van der Waals surface area contributed by atoms with Crippen LogP contribution >= 0.6 is 15.9 Å². The van der Waals surface area contributed by atoms with Crippen LogP contribution in [0, 0.1) is 0 Å². The minimum atomic E-state index is 0.573. The van der Waals surface area contributed by atoms with Crippen molar-refractivity contribution >= 4 is 21.6 Å². The van der Waals surface area contributed by atoms with Gasteiger partial charge >= 0.3 is 0 Å². The van der Waals surface area contributed by atoms with Gasteiger partial charge in [0.1, 0.15) is 0 Å². The van der Waals surface area contributed by atoms with Crippen LogP contribution in [0.3, 0.4) is 0 Å². The molecular formula is C17H20BrNO2. The van der Waals surface area contributed by atoms with E-state index >= 15 is 0 Å². The molecule has 0 unspecified atom stereocenters. The van der Waals surface area contributed by atoms with E-state index < -0.39 is 0 Å². The van der Waals surface area contributed by atoms with Crippen molar-refractivity contribution in [3.05, 3.63) is 63.6 Å². The van der Waals surface area contributed by atoms with E-state index in [0.717, 1.165) is 22.3 Å². The van der Waals surface area contributed by atoms with Gasteiger partial charge in [-0.05, 0) is 23.3 Å². The van der Waals surface area contributed by atoms with E-state index in [-0.39, 0.29) is 0 Å². The molecule has 0 heterocycles. The summed E-state index contributed by atoms with van der Waals surface area (Å²) in [5.74, 6) is 0. The summed E-state index contributed by atoms with van der Waals surface area (Å²) < 4.78 is 11.6. The number of halogens is 1. The van der Waals surface area contributed by atoms with Gasteiger partial charge in [-0.25, -0.2) is 0 Å². The average Bonchev–Trinajstić information content (AvgIpc) is 2.50. The first kappa shape index (κ1) is 16.0. The lowest BCUT2D eigenvalue weighted by Crippen LogP contribution is -2.06. The van der Waals surface area contributed by atoms with E-state index in [9.17, 15) is 0 Å². The zero-order valence-electron chi connectivity index (χ0n) is 12.4. The molecule has 0 saturated carbocycles. The lowest BCUT2D eigenvalue weighted by atomic mass is 10.1. The molecule has 0 aliphatic heterocycles. The molecule has 0 atom stereocenters. The molecule has 0 saturated heterocycles. The Morgan fingerprint density at radius 3 is 2.33 bits per heavy atom. The highest BCUT2D eigenvalue weighted by atomic mass is 79.9. The number of rotatable bonds is 7. The molecule has 0 spiro atoms. The van der Waals surface area contributed by atoms with Gasteiger partial charge in [-0.3, -0.25) is 0 Å². The third kappa shape index (κ3) is 4.30. The van der Waals surface area contributed by atoms with Gasteiger partial charge in [-0.1, -0.05) is 46.3 Å². The maximum Gasteiger partial charge on any atom is 0.0744 e. The van der Waals surface area contributed by atoms with Crippen molar-refractivity contribution in [2.75, 3.05) is 19.5 Å². The van der Waals surface area contributed by atoms with Gasteiger partial charge in [0.15, 0.2) is 0 Å². The standard InChI is InChI=1S/C17H20BrNO2/c1-20-11-14-7-4-3-6-13(14)10-19-17-9-5-8-16(18)15(17)12-21-2/h3-9,19H,10-12H2,1-2H3. The molecule has 0 fully saturated rings. The number of methoxy groups -OCH3 is 2. The Morgan fingerprint density at radius 2 is 1.62 bits per heavy atom. The SMILES string of the molecule is COCc1ccccc1CNc1cccc(Br)c1COC. The molecule has 2 rings (SSSR count). The molecule has 0 amide bonds. The van der Waals surface area contributed by atoms with Gasteiger partial charge in [-0.2, -0.15) is 0 Å². The minimum absolute atomic E-state index is 0.573. The summed E-state index contributed by atoms with van der Waals surface area (Å²) in [6.07, 6.45) is 0. The summed E-state index contributed by atoms with van der Waals surface area (Å²) in [5, 5.41) is 3.49. The van der Waals surface area contributed by atoms with Crippen LogP contribution in [-0.2, 0) is 29.2 Å². The number of anilines is 1. The second kappa shape index (κ2) is 8.17. The summed E-state index contributed by atoms with van der Waals surface area (Å²) >= 11 is 3.57. The first-order valence-corrected chi connectivity index (χ1v) is 7.61. The van der Waals surface area contributed by atoms with Crippen molar-refractivity contribution in [3.63, 3.8) is 0 Å². The largest absolute Gasteiger partial charge is 0.381 e. The van der Waals surface area contributed by atoms with Crippen LogP contribution < -0.4 is 5.32 Å². The first-order chi connectivity index (χ1) is 10.3. The quantitative estimate of drug-likeness (QED) is 0.805. The van der Waals surface area contributed by atoms with E-state index in [1.54, 1.807) is 14.2 Å². The Bertz CT molecular complexity index is 587. The normalized spacial score (nSPS) is 10.6. The average molecular weight is 350 g/mol. The van der Waals surface area contributed by atoms with E-state index in [2.05, 4.69) is 39.4 Å². The summed E-state index contributed by atoms with van der Waals surface area (Å²) in [6.45, 7) is 1.96. The zero-order chi connectivity index (χ0) is 15.1. The van der Waals surface area contributed by atoms with Crippen molar-refractivity contribution in [1.29, 1.82) is 0 Å². The van der Waals surface area contributed by atoms with Crippen LogP contribution in [0.4, 0.5) is 5.69 Å². The van der Waals surface area contributed by atoms with Crippen LogP contribution in [-0.4, -0.2) is 14.2 Å². The summed E-state index contributed by atoms with van der Waals surface area (Å²) in [5.41, 5.74) is 4.65. The van der Waals surface area contributed by atoms with Gasteiger partial charge in [0, 0.05) is 36.5 Å². The molecule has 3 nitrogen and oxygen atoms in total. The Labute approximate surface area is 134 Å². The second-order valence-electron chi connectivity index (χ2n) is 4.75. The molecule has 112 valence electrons. The van der Waals surface area contributed by atoms with Crippen LogP contribution in [0.25, 0.3) is 0 Å². The van der Waals surface area contributed by atoms with Gasteiger partial charge in [-0.15, -0.1) is 0 Å². The Kier molecular flexibility index (Phi) is 6.23. The number of hydrogen-bond acceptors (Lipinski definition) is 3. The molecule has 2 aromatic rings. The highest BCUT2D eigenvalue weighted by Gasteiger charge is 2.07. The molecule has 1 N–H and O–H groups in total. The van der Waals surface area contributed by atoms with Crippen molar-refractivity contribution in [3.8, 4) is 0 Å². The van der Waals surface area contributed by atoms with Crippen molar-refractivity contribution < 1.29 is 9.47 Å². The third-order valence-corrected chi connectivity index (χ3v) is 4.04. The highest BCUT2D eigenvalue weighted by molar-refractivity contribution is 9.10. The zero-order valence-corrected chi connectivity index (χ0v) is 13.9. The van der Waals surface area contributed by atoms with E-state index in [0.29, 0.717) is 13.2 Å². The second-order valence-corrected chi connectivity index (χ2v) is 5.61. The van der Waals surface area contributed by atoms with E-state index in [4.69, 9.17) is 9.47 Å². The van der Waals surface area contributed by atoms with Crippen LogP contribution in [0.15, 0.2) is 46.9 Å². The van der Waals surface area contributed by atoms with Gasteiger partial charge in [0.05, 0.1) is 13.2 Å².